The molecule has 124 valence electrons. The van der Waals surface area contributed by atoms with Gasteiger partial charge < -0.3 is 10.6 Å². The lowest BCUT2D eigenvalue weighted by Crippen LogP contribution is -2.41. The van der Waals surface area contributed by atoms with E-state index in [1.807, 2.05) is 9.80 Å². The van der Waals surface area contributed by atoms with Gasteiger partial charge in [-0.05, 0) is 31.4 Å². The van der Waals surface area contributed by atoms with E-state index in [1.54, 1.807) is 11.8 Å². The van der Waals surface area contributed by atoms with Crippen LogP contribution in [0.2, 0.25) is 0 Å². The highest BCUT2D eigenvalue weighted by Crippen LogP contribution is 2.38. The number of primary amides is 1. The molecular weight excluding hydrogens is 310 g/mol. The van der Waals surface area contributed by atoms with Crippen LogP contribution in [0.1, 0.15) is 17.5 Å². The van der Waals surface area contributed by atoms with Crippen LogP contribution in [-0.2, 0) is 16.0 Å². The zero-order chi connectivity index (χ0) is 16.4. The summed E-state index contributed by atoms with van der Waals surface area (Å²) in [7, 11) is 0. The summed E-state index contributed by atoms with van der Waals surface area (Å²) in [6.07, 6.45) is 1.71. The number of carbonyl (C=O) groups excluding carboxylic acids is 2. The van der Waals surface area contributed by atoms with Crippen molar-refractivity contribution >= 4 is 23.6 Å². The number of nitrogens with two attached hydrogens (primary N) is 1. The Morgan fingerprint density at radius 3 is 2.87 bits per heavy atom. The van der Waals surface area contributed by atoms with Crippen molar-refractivity contribution in [3.05, 3.63) is 29.3 Å². The predicted octanol–water partition coefficient (Wildman–Crippen LogP) is 1.03. The first kappa shape index (κ1) is 16.3. The van der Waals surface area contributed by atoms with Crippen molar-refractivity contribution in [1.29, 1.82) is 0 Å². The van der Waals surface area contributed by atoms with Crippen molar-refractivity contribution < 1.29 is 9.59 Å². The Kier molecular flexibility index (Phi) is 4.92. The number of benzene rings is 1. The van der Waals surface area contributed by atoms with Crippen molar-refractivity contribution in [3.63, 3.8) is 0 Å². The highest BCUT2D eigenvalue weighted by Gasteiger charge is 2.32. The molecule has 2 N–H and O–H groups in total. The maximum atomic E-state index is 12.8. The molecule has 0 radical (unpaired) electrons. The number of fused-ring (bicyclic) bond motifs is 1. The summed E-state index contributed by atoms with van der Waals surface area (Å²) in [5, 5.41) is -0.00510. The number of hydrogen-bond acceptors (Lipinski definition) is 4. The van der Waals surface area contributed by atoms with Crippen molar-refractivity contribution in [1.82, 2.24) is 9.80 Å². The normalized spacial score (nSPS) is 21.8. The average Bonchev–Trinajstić information content (AvgIpc) is 2.78. The first-order valence-electron chi connectivity index (χ1n) is 8.08. The van der Waals surface area contributed by atoms with Crippen molar-refractivity contribution in [3.8, 4) is 0 Å². The number of aryl methyl sites for hydroxylation is 1. The summed E-state index contributed by atoms with van der Waals surface area (Å²) in [6, 6.07) is 6.42. The number of rotatable bonds is 3. The molecule has 1 unspecified atom stereocenters. The molecule has 3 rings (SSSR count). The zero-order valence-electron chi connectivity index (χ0n) is 13.5. The Balaban J connectivity index is 1.60. The zero-order valence-corrected chi connectivity index (χ0v) is 14.3. The second kappa shape index (κ2) is 6.93. The fourth-order valence-corrected chi connectivity index (χ4v) is 4.62. The number of nitrogens with zero attached hydrogens (tertiary/aromatic N) is 2. The molecule has 1 fully saturated rings. The van der Waals surface area contributed by atoms with E-state index in [0.29, 0.717) is 6.54 Å². The molecule has 0 aromatic heterocycles. The van der Waals surface area contributed by atoms with Gasteiger partial charge in [-0.2, -0.15) is 0 Å². The van der Waals surface area contributed by atoms with Gasteiger partial charge in [0.25, 0.3) is 0 Å². The second-order valence-electron chi connectivity index (χ2n) is 6.34. The van der Waals surface area contributed by atoms with Gasteiger partial charge in [0, 0.05) is 31.1 Å². The molecule has 0 saturated carbocycles. The van der Waals surface area contributed by atoms with Crippen LogP contribution in [0.4, 0.5) is 0 Å². The Labute approximate surface area is 141 Å². The lowest BCUT2D eigenvalue weighted by atomic mass is 10.1. The molecule has 23 heavy (non-hydrogen) atoms. The molecule has 0 aliphatic carbocycles. The van der Waals surface area contributed by atoms with Gasteiger partial charge in [-0.15, -0.1) is 11.8 Å². The number of carbonyl (C=O) groups is 2. The smallest absolute Gasteiger partial charge is 0.236 e. The van der Waals surface area contributed by atoms with Crippen LogP contribution in [0, 0.1) is 6.92 Å². The molecule has 5 nitrogen and oxygen atoms in total. The van der Waals surface area contributed by atoms with Crippen LogP contribution < -0.4 is 5.73 Å². The highest BCUT2D eigenvalue weighted by atomic mass is 32.2. The van der Waals surface area contributed by atoms with E-state index in [2.05, 4.69) is 25.1 Å². The molecule has 2 heterocycles. The minimum Gasteiger partial charge on any atom is -0.369 e. The van der Waals surface area contributed by atoms with E-state index >= 15 is 0 Å². The van der Waals surface area contributed by atoms with Crippen molar-refractivity contribution in [2.75, 3.05) is 32.7 Å². The Hall–Kier alpha value is -1.53. The average molecular weight is 333 g/mol. The molecular formula is C17H23N3O2S. The first-order chi connectivity index (χ1) is 11.0. The molecule has 1 saturated heterocycles. The van der Waals surface area contributed by atoms with Gasteiger partial charge in [0.2, 0.25) is 11.8 Å². The van der Waals surface area contributed by atoms with Gasteiger partial charge >= 0.3 is 0 Å². The Bertz CT molecular complexity index is 620. The largest absolute Gasteiger partial charge is 0.369 e. The Morgan fingerprint density at radius 1 is 1.26 bits per heavy atom. The van der Waals surface area contributed by atoms with Gasteiger partial charge in [-0.3, -0.25) is 14.5 Å². The lowest BCUT2D eigenvalue weighted by molar-refractivity contribution is -0.130. The quantitative estimate of drug-likeness (QED) is 0.897. The summed E-state index contributed by atoms with van der Waals surface area (Å²) >= 11 is 1.69. The molecule has 0 bridgehead atoms. The maximum absolute atomic E-state index is 12.8. The van der Waals surface area contributed by atoms with Gasteiger partial charge in [-0.1, -0.05) is 17.7 Å². The molecule has 1 aromatic carbocycles. The van der Waals surface area contributed by atoms with Crippen LogP contribution in [0.25, 0.3) is 0 Å². The molecule has 2 aliphatic heterocycles. The minimum absolute atomic E-state index is 0.00510. The van der Waals surface area contributed by atoms with E-state index < -0.39 is 0 Å². The first-order valence-corrected chi connectivity index (χ1v) is 8.96. The van der Waals surface area contributed by atoms with Gasteiger partial charge in [0.05, 0.1) is 11.8 Å². The molecule has 1 atom stereocenters. The third-order valence-electron chi connectivity index (χ3n) is 4.45. The fraction of sp³-hybridized carbons (Fsp3) is 0.529. The van der Waals surface area contributed by atoms with Crippen LogP contribution in [0.5, 0.6) is 0 Å². The van der Waals surface area contributed by atoms with Crippen LogP contribution >= 0.6 is 11.8 Å². The van der Waals surface area contributed by atoms with Crippen LogP contribution in [0.3, 0.4) is 0 Å². The van der Waals surface area contributed by atoms with Crippen LogP contribution in [-0.4, -0.2) is 59.6 Å². The molecule has 0 spiro atoms. The number of amides is 2. The van der Waals surface area contributed by atoms with Crippen molar-refractivity contribution in [2.24, 2.45) is 5.73 Å². The van der Waals surface area contributed by atoms with E-state index in [4.69, 9.17) is 5.73 Å². The summed E-state index contributed by atoms with van der Waals surface area (Å²) < 4.78 is 0. The van der Waals surface area contributed by atoms with Gasteiger partial charge in [0.15, 0.2) is 0 Å². The fourth-order valence-electron chi connectivity index (χ4n) is 3.25. The van der Waals surface area contributed by atoms with E-state index in [-0.39, 0.29) is 23.6 Å². The number of hydrogen-bond donors (Lipinski definition) is 1. The molecule has 2 amide bonds. The second-order valence-corrected chi connectivity index (χ2v) is 7.59. The van der Waals surface area contributed by atoms with Crippen molar-refractivity contribution in [2.45, 2.75) is 29.9 Å². The molecule has 1 aromatic rings. The van der Waals surface area contributed by atoms with Gasteiger partial charge in [-0.25, -0.2) is 0 Å². The molecule has 2 aliphatic rings. The third-order valence-corrected chi connectivity index (χ3v) is 5.74. The SMILES string of the molecule is Cc1ccc2c(c1)SC(C(=O)N1CCCN(CC(N)=O)CC1)C2. The summed E-state index contributed by atoms with van der Waals surface area (Å²) in [5.41, 5.74) is 7.78. The Morgan fingerprint density at radius 2 is 2.09 bits per heavy atom. The highest BCUT2D eigenvalue weighted by molar-refractivity contribution is 8.01. The summed E-state index contributed by atoms with van der Waals surface area (Å²) in [5.74, 6) is -0.0771. The monoisotopic (exact) mass is 333 g/mol. The third kappa shape index (κ3) is 3.87. The van der Waals surface area contributed by atoms with Crippen LogP contribution in [0.15, 0.2) is 23.1 Å². The maximum Gasteiger partial charge on any atom is 0.236 e. The topological polar surface area (TPSA) is 66.6 Å². The molecule has 6 heteroatoms. The van der Waals surface area contributed by atoms with E-state index in [1.165, 1.54) is 16.0 Å². The van der Waals surface area contributed by atoms with E-state index in [9.17, 15) is 9.59 Å². The summed E-state index contributed by atoms with van der Waals surface area (Å²) in [4.78, 5) is 29.1. The van der Waals surface area contributed by atoms with E-state index in [0.717, 1.165) is 32.5 Å². The lowest BCUT2D eigenvalue weighted by Gasteiger charge is -2.23. The minimum atomic E-state index is -0.304. The predicted molar refractivity (Wildman–Crippen MR) is 91.4 cm³/mol. The summed E-state index contributed by atoms with van der Waals surface area (Å²) in [6.45, 7) is 5.35. The standard InChI is InChI=1S/C17H23N3O2S/c1-12-3-4-13-10-15(23-14(13)9-12)17(22)20-6-2-5-19(7-8-20)11-16(18)21/h3-4,9,15H,2,5-8,10-11H2,1H3,(H2,18,21). The van der Waals surface area contributed by atoms with Gasteiger partial charge in [0.1, 0.15) is 0 Å². The number of thioether (sulfide) groups is 1.